The van der Waals surface area contributed by atoms with Crippen molar-refractivity contribution in [2.45, 2.75) is 44.1 Å². The number of sulfonamides is 1. The van der Waals surface area contributed by atoms with Crippen LogP contribution < -0.4 is 5.32 Å². The Balaban J connectivity index is 1.51. The Morgan fingerprint density at radius 2 is 1.94 bits per heavy atom. The van der Waals surface area contributed by atoms with E-state index in [2.05, 4.69) is 5.32 Å². The summed E-state index contributed by atoms with van der Waals surface area (Å²) in [5.74, 6) is -0.742. The average Bonchev–Trinajstić information content (AvgIpc) is 3.15. The maximum atomic E-state index is 13.0. The summed E-state index contributed by atoms with van der Waals surface area (Å²) < 4.78 is 38.0. The summed E-state index contributed by atoms with van der Waals surface area (Å²) in [7, 11) is -3.63. The van der Waals surface area contributed by atoms with Crippen molar-refractivity contribution in [3.05, 3.63) is 45.8 Å². The lowest BCUT2D eigenvalue weighted by atomic mass is 9.95. The predicted molar refractivity (Wildman–Crippen MR) is 120 cm³/mol. The van der Waals surface area contributed by atoms with Gasteiger partial charge in [-0.2, -0.15) is 4.31 Å². The molecule has 2 aliphatic rings. The standard InChI is InChI=1S/C22H26N2O6S2/c1-15(25)23-21-20(18-7-2-3-8-19(18)31-21)22(26)30-14-16-5-4-6-17(13-16)32(27,28)24-9-11-29-12-10-24/h4-6,13H,2-3,7-12,14H2,1H3,(H,23,25). The second-order valence-corrected chi connectivity index (χ2v) is 10.9. The van der Waals surface area contributed by atoms with Gasteiger partial charge in [-0.25, -0.2) is 13.2 Å². The molecule has 8 nitrogen and oxygen atoms in total. The summed E-state index contributed by atoms with van der Waals surface area (Å²) in [6, 6.07) is 6.45. The molecule has 1 aromatic carbocycles. The Bertz CT molecular complexity index is 1120. The third-order valence-electron chi connectivity index (χ3n) is 5.54. The minimum atomic E-state index is -3.63. The van der Waals surface area contributed by atoms with Crippen LogP contribution in [0.15, 0.2) is 29.2 Å². The molecule has 1 saturated heterocycles. The molecule has 0 unspecified atom stereocenters. The van der Waals surface area contributed by atoms with Crippen molar-refractivity contribution < 1.29 is 27.5 Å². The zero-order valence-electron chi connectivity index (χ0n) is 17.9. The first-order valence-electron chi connectivity index (χ1n) is 10.6. The van der Waals surface area contributed by atoms with E-state index >= 15 is 0 Å². The minimum Gasteiger partial charge on any atom is -0.457 e. The fourth-order valence-electron chi connectivity index (χ4n) is 3.98. The first-order chi connectivity index (χ1) is 15.4. The van der Waals surface area contributed by atoms with E-state index in [1.165, 1.54) is 28.6 Å². The van der Waals surface area contributed by atoms with E-state index in [4.69, 9.17) is 9.47 Å². The van der Waals surface area contributed by atoms with Gasteiger partial charge in [0, 0.05) is 24.9 Å². The molecule has 0 spiro atoms. The van der Waals surface area contributed by atoms with Crippen molar-refractivity contribution in [2.75, 3.05) is 31.6 Å². The molecule has 4 rings (SSSR count). The molecule has 172 valence electrons. The molecule has 32 heavy (non-hydrogen) atoms. The molecule has 1 fully saturated rings. The molecule has 1 amide bonds. The number of nitrogens with one attached hydrogen (secondary N) is 1. The van der Waals surface area contributed by atoms with Crippen LogP contribution in [0.1, 0.15) is 46.1 Å². The number of hydrogen-bond acceptors (Lipinski definition) is 7. The number of amides is 1. The van der Waals surface area contributed by atoms with Gasteiger partial charge >= 0.3 is 5.97 Å². The molecule has 2 aromatic rings. The van der Waals surface area contributed by atoms with Gasteiger partial charge in [0.1, 0.15) is 11.6 Å². The van der Waals surface area contributed by atoms with E-state index in [1.54, 1.807) is 18.2 Å². The summed E-state index contributed by atoms with van der Waals surface area (Å²) in [4.78, 5) is 25.9. The first-order valence-corrected chi connectivity index (χ1v) is 12.9. The number of morpholine rings is 1. The number of ether oxygens (including phenoxy) is 2. The quantitative estimate of drug-likeness (QED) is 0.641. The zero-order valence-corrected chi connectivity index (χ0v) is 19.5. The van der Waals surface area contributed by atoms with E-state index < -0.39 is 16.0 Å². The van der Waals surface area contributed by atoms with Crippen LogP contribution in [-0.4, -0.2) is 50.9 Å². The van der Waals surface area contributed by atoms with Crippen LogP contribution in [0, 0.1) is 0 Å². The smallest absolute Gasteiger partial charge is 0.341 e. The van der Waals surface area contributed by atoms with Crippen molar-refractivity contribution in [3.8, 4) is 0 Å². The lowest BCUT2D eigenvalue weighted by Crippen LogP contribution is -2.40. The van der Waals surface area contributed by atoms with E-state index in [9.17, 15) is 18.0 Å². The second kappa shape index (κ2) is 9.70. The molecule has 1 aliphatic heterocycles. The highest BCUT2D eigenvalue weighted by Crippen LogP contribution is 2.38. The molecule has 0 atom stereocenters. The third kappa shape index (κ3) is 4.88. The third-order valence-corrected chi connectivity index (χ3v) is 8.64. The van der Waals surface area contributed by atoms with Crippen LogP contribution >= 0.6 is 11.3 Å². The lowest BCUT2D eigenvalue weighted by Gasteiger charge is -2.26. The van der Waals surface area contributed by atoms with Crippen molar-refractivity contribution in [1.82, 2.24) is 4.31 Å². The van der Waals surface area contributed by atoms with Gasteiger partial charge in [-0.1, -0.05) is 12.1 Å². The monoisotopic (exact) mass is 478 g/mol. The Morgan fingerprint density at radius 3 is 2.69 bits per heavy atom. The first kappa shape index (κ1) is 22.9. The van der Waals surface area contributed by atoms with E-state index in [0.717, 1.165) is 36.1 Å². The predicted octanol–water partition coefficient (Wildman–Crippen LogP) is 2.96. The Labute approximate surface area is 191 Å². The van der Waals surface area contributed by atoms with E-state index in [0.29, 0.717) is 42.4 Å². The molecule has 0 radical (unpaired) electrons. The number of thiophene rings is 1. The fourth-order valence-corrected chi connectivity index (χ4v) is 6.78. The largest absolute Gasteiger partial charge is 0.457 e. The number of carbonyl (C=O) groups excluding carboxylic acids is 2. The molecule has 1 aromatic heterocycles. The van der Waals surface area contributed by atoms with E-state index in [1.807, 2.05) is 0 Å². The summed E-state index contributed by atoms with van der Waals surface area (Å²) >= 11 is 1.43. The molecule has 0 saturated carbocycles. The van der Waals surface area contributed by atoms with Gasteiger partial charge in [0.05, 0.1) is 23.7 Å². The molecule has 2 heterocycles. The molecular weight excluding hydrogens is 452 g/mol. The van der Waals surface area contributed by atoms with Crippen LogP contribution in [0.4, 0.5) is 5.00 Å². The summed E-state index contributed by atoms with van der Waals surface area (Å²) in [5.41, 5.74) is 1.97. The highest BCUT2D eigenvalue weighted by atomic mass is 32.2. The Morgan fingerprint density at radius 1 is 1.19 bits per heavy atom. The van der Waals surface area contributed by atoms with Crippen LogP contribution in [0.25, 0.3) is 0 Å². The van der Waals surface area contributed by atoms with Crippen molar-refractivity contribution in [3.63, 3.8) is 0 Å². The Hall–Kier alpha value is -2.27. The molecule has 1 N–H and O–H groups in total. The van der Waals surface area contributed by atoms with Crippen LogP contribution in [0.3, 0.4) is 0 Å². The fraction of sp³-hybridized carbons (Fsp3) is 0.455. The number of anilines is 1. The number of esters is 1. The number of fused-ring (bicyclic) bond motifs is 1. The SMILES string of the molecule is CC(=O)Nc1sc2c(c1C(=O)OCc1cccc(S(=O)(=O)N3CCOCC3)c1)CCCC2. The number of aryl methyl sites for hydroxylation is 1. The van der Waals surface area contributed by atoms with Crippen molar-refractivity contribution in [1.29, 1.82) is 0 Å². The molecule has 0 bridgehead atoms. The number of nitrogens with zero attached hydrogens (tertiary/aromatic N) is 1. The minimum absolute atomic E-state index is 0.0601. The van der Waals surface area contributed by atoms with Crippen molar-refractivity contribution >= 4 is 38.2 Å². The summed E-state index contributed by atoms with van der Waals surface area (Å²) in [5, 5.41) is 3.28. The van der Waals surface area contributed by atoms with Crippen LogP contribution in [-0.2, 0) is 43.7 Å². The van der Waals surface area contributed by atoms with Gasteiger partial charge in [-0.3, -0.25) is 4.79 Å². The van der Waals surface area contributed by atoms with Gasteiger partial charge in [0.2, 0.25) is 15.9 Å². The normalized spacial score (nSPS) is 16.9. The van der Waals surface area contributed by atoms with Crippen molar-refractivity contribution in [2.24, 2.45) is 0 Å². The molecule has 10 heteroatoms. The van der Waals surface area contributed by atoms with Gasteiger partial charge in [-0.15, -0.1) is 11.3 Å². The lowest BCUT2D eigenvalue weighted by molar-refractivity contribution is -0.114. The highest BCUT2D eigenvalue weighted by molar-refractivity contribution is 7.89. The second-order valence-electron chi connectivity index (χ2n) is 7.84. The van der Waals surface area contributed by atoms with E-state index in [-0.39, 0.29) is 17.4 Å². The van der Waals surface area contributed by atoms with Gasteiger partial charge in [0.25, 0.3) is 0 Å². The molecule has 1 aliphatic carbocycles. The highest BCUT2D eigenvalue weighted by Gasteiger charge is 2.28. The van der Waals surface area contributed by atoms with Gasteiger partial charge in [0.15, 0.2) is 0 Å². The number of carbonyl (C=O) groups is 2. The Kier molecular flexibility index (Phi) is 6.94. The van der Waals surface area contributed by atoms with Gasteiger partial charge in [-0.05, 0) is 48.9 Å². The van der Waals surface area contributed by atoms with Crippen LogP contribution in [0.2, 0.25) is 0 Å². The number of benzene rings is 1. The number of rotatable bonds is 6. The molecular formula is C22H26N2O6S2. The number of hydrogen-bond donors (Lipinski definition) is 1. The summed E-state index contributed by atoms with van der Waals surface area (Å²) in [6.45, 7) is 2.73. The maximum Gasteiger partial charge on any atom is 0.341 e. The zero-order chi connectivity index (χ0) is 22.7. The average molecular weight is 479 g/mol. The topological polar surface area (TPSA) is 102 Å². The van der Waals surface area contributed by atoms with Crippen LogP contribution in [0.5, 0.6) is 0 Å². The van der Waals surface area contributed by atoms with Gasteiger partial charge < -0.3 is 14.8 Å². The summed E-state index contributed by atoms with van der Waals surface area (Å²) in [6.07, 6.45) is 3.72. The maximum absolute atomic E-state index is 13.0.